The Morgan fingerprint density at radius 3 is 1.25 bits per heavy atom. The summed E-state index contributed by atoms with van der Waals surface area (Å²) in [6.07, 6.45) is -1.04. The molecule has 0 aliphatic carbocycles. The number of rotatable bonds is 4. The zero-order valence-corrected chi connectivity index (χ0v) is 8.30. The molecule has 6 heteroatoms. The summed E-state index contributed by atoms with van der Waals surface area (Å²) in [5.41, 5.74) is 9.91. The van der Waals surface area contributed by atoms with Crippen LogP contribution in [0.3, 0.4) is 0 Å². The monoisotopic (exact) mass is 218 g/mol. The van der Waals surface area contributed by atoms with E-state index in [1.807, 2.05) is 0 Å². The van der Waals surface area contributed by atoms with E-state index in [1.165, 1.54) is 0 Å². The van der Waals surface area contributed by atoms with E-state index in [0.29, 0.717) is 0 Å². The molecule has 4 nitrogen and oxygen atoms in total. The van der Waals surface area contributed by atoms with Crippen LogP contribution in [0.4, 0.5) is 0 Å². The molecule has 0 aromatic rings. The van der Waals surface area contributed by atoms with Gasteiger partial charge < -0.3 is 21.7 Å². The van der Waals surface area contributed by atoms with Gasteiger partial charge in [0.25, 0.3) is 0 Å². The second kappa shape index (κ2) is 11.4. The average Bonchev–Trinajstić information content (AvgIpc) is 2.16. The lowest BCUT2D eigenvalue weighted by molar-refractivity contribution is 0.191. The molecule has 6 N–H and O–H groups in total. The quantitative estimate of drug-likeness (QED) is 0.460. The fraction of sp³-hybridized carbons (Fsp3) is 1.00. The summed E-state index contributed by atoms with van der Waals surface area (Å²) in [5.74, 6) is 0.451. The van der Waals surface area contributed by atoms with Gasteiger partial charge in [-0.2, -0.15) is 0 Å². The van der Waals surface area contributed by atoms with Gasteiger partial charge >= 0.3 is 0 Å². The maximum absolute atomic E-state index is 8.42. The van der Waals surface area contributed by atoms with E-state index in [4.69, 9.17) is 44.9 Å². The molecule has 0 unspecified atom stereocenters. The first-order valence-corrected chi connectivity index (χ1v) is 4.57. The Kier molecular flexibility index (Phi) is 14.2. The van der Waals surface area contributed by atoms with Crippen LogP contribution in [-0.2, 0) is 0 Å². The van der Waals surface area contributed by atoms with E-state index >= 15 is 0 Å². The molecule has 0 amide bonds. The molecule has 0 fully saturated rings. The number of hydrogen-bond donors (Lipinski definition) is 4. The van der Waals surface area contributed by atoms with Gasteiger partial charge in [-0.05, 0) is 0 Å². The van der Waals surface area contributed by atoms with E-state index in [1.54, 1.807) is 0 Å². The number of hydrogen-bond acceptors (Lipinski definition) is 4. The minimum absolute atomic E-state index is 0.226. The van der Waals surface area contributed by atoms with Crippen LogP contribution in [-0.4, -0.2) is 47.3 Å². The summed E-state index contributed by atoms with van der Waals surface area (Å²) >= 11 is 10.2. The van der Waals surface area contributed by atoms with Crippen LogP contribution in [0.15, 0.2) is 0 Å². The molecular formula is C6H16Cl2N2O2. The Morgan fingerprint density at radius 2 is 1.25 bits per heavy atom. The molecule has 0 aromatic heterocycles. The number of alkyl halides is 2. The highest BCUT2D eigenvalue weighted by Crippen LogP contribution is 1.88. The molecule has 0 rings (SSSR count). The molecular weight excluding hydrogens is 203 g/mol. The van der Waals surface area contributed by atoms with Gasteiger partial charge in [0.1, 0.15) is 0 Å². The SMILES string of the molecule is NCC(O)CN.OC(CCl)CCl. The molecule has 0 saturated carbocycles. The minimum atomic E-state index is -0.534. The third-order valence-corrected chi connectivity index (χ3v) is 1.61. The van der Waals surface area contributed by atoms with Crippen molar-refractivity contribution in [3.63, 3.8) is 0 Å². The van der Waals surface area contributed by atoms with E-state index in [9.17, 15) is 0 Å². The van der Waals surface area contributed by atoms with Gasteiger partial charge in [0, 0.05) is 24.8 Å². The molecule has 0 heterocycles. The third kappa shape index (κ3) is 13.0. The normalized spacial score (nSPS) is 10.0. The summed E-state index contributed by atoms with van der Waals surface area (Å²) < 4.78 is 0. The zero-order chi connectivity index (χ0) is 9.98. The molecule has 12 heavy (non-hydrogen) atoms. The summed E-state index contributed by atoms with van der Waals surface area (Å²) in [4.78, 5) is 0. The van der Waals surface area contributed by atoms with Crippen molar-refractivity contribution in [1.82, 2.24) is 0 Å². The van der Waals surface area contributed by atoms with Crippen LogP contribution in [0, 0.1) is 0 Å². The van der Waals surface area contributed by atoms with Crippen LogP contribution in [0.25, 0.3) is 0 Å². The number of nitrogens with two attached hydrogens (primary N) is 2. The lowest BCUT2D eigenvalue weighted by Crippen LogP contribution is -2.27. The van der Waals surface area contributed by atoms with Crippen molar-refractivity contribution in [2.75, 3.05) is 24.8 Å². The van der Waals surface area contributed by atoms with E-state index < -0.39 is 12.2 Å². The van der Waals surface area contributed by atoms with Gasteiger partial charge in [-0.15, -0.1) is 23.2 Å². The number of aliphatic hydroxyl groups is 2. The highest BCUT2D eigenvalue weighted by Gasteiger charge is 1.94. The van der Waals surface area contributed by atoms with E-state index in [-0.39, 0.29) is 24.8 Å². The molecule has 0 aliphatic rings. The van der Waals surface area contributed by atoms with Crippen molar-refractivity contribution in [2.45, 2.75) is 12.2 Å². The van der Waals surface area contributed by atoms with Gasteiger partial charge in [0.2, 0.25) is 0 Å². The topological polar surface area (TPSA) is 92.5 Å². The average molecular weight is 219 g/mol. The molecule has 0 aliphatic heterocycles. The van der Waals surface area contributed by atoms with Gasteiger partial charge in [-0.25, -0.2) is 0 Å². The Bertz CT molecular complexity index is 69.9. The number of aliphatic hydroxyl groups excluding tert-OH is 2. The predicted octanol–water partition coefficient (Wildman–Crippen LogP) is -0.910. The van der Waals surface area contributed by atoms with Crippen molar-refractivity contribution >= 4 is 23.2 Å². The lowest BCUT2D eigenvalue weighted by Gasteiger charge is -1.98. The van der Waals surface area contributed by atoms with Gasteiger partial charge in [0.15, 0.2) is 0 Å². The Morgan fingerprint density at radius 1 is 0.917 bits per heavy atom. The van der Waals surface area contributed by atoms with Crippen molar-refractivity contribution in [3.8, 4) is 0 Å². The van der Waals surface area contributed by atoms with Crippen LogP contribution < -0.4 is 11.5 Å². The molecule has 0 spiro atoms. The second-order valence-electron chi connectivity index (χ2n) is 2.09. The summed E-state index contributed by atoms with van der Waals surface area (Å²) in [6.45, 7) is 0.521. The molecule has 0 bridgehead atoms. The first-order valence-electron chi connectivity index (χ1n) is 3.50. The van der Waals surface area contributed by atoms with Crippen molar-refractivity contribution in [3.05, 3.63) is 0 Å². The first kappa shape index (κ1) is 14.9. The lowest BCUT2D eigenvalue weighted by atomic mass is 10.4. The maximum Gasteiger partial charge on any atom is 0.0810 e. The van der Waals surface area contributed by atoms with Crippen LogP contribution in [0.2, 0.25) is 0 Å². The van der Waals surface area contributed by atoms with Gasteiger partial charge in [0.05, 0.1) is 12.2 Å². The second-order valence-corrected chi connectivity index (χ2v) is 2.70. The predicted molar refractivity (Wildman–Crippen MR) is 51.6 cm³/mol. The van der Waals surface area contributed by atoms with Gasteiger partial charge in [-0.3, -0.25) is 0 Å². The minimum Gasteiger partial charge on any atom is -0.391 e. The van der Waals surface area contributed by atoms with Crippen LogP contribution in [0.5, 0.6) is 0 Å². The largest absolute Gasteiger partial charge is 0.391 e. The highest BCUT2D eigenvalue weighted by atomic mass is 35.5. The van der Waals surface area contributed by atoms with Crippen LogP contribution in [0.1, 0.15) is 0 Å². The van der Waals surface area contributed by atoms with Crippen molar-refractivity contribution in [2.24, 2.45) is 11.5 Å². The molecule has 0 atom stereocenters. The fourth-order valence-corrected chi connectivity index (χ4v) is 0.467. The van der Waals surface area contributed by atoms with Crippen molar-refractivity contribution in [1.29, 1.82) is 0 Å². The fourth-order valence-electron chi connectivity index (χ4n) is 0.137. The van der Waals surface area contributed by atoms with Crippen molar-refractivity contribution < 1.29 is 10.2 Å². The summed E-state index contributed by atoms with van der Waals surface area (Å²) in [7, 11) is 0. The first-order chi connectivity index (χ1) is 5.62. The Labute approximate surface area is 82.4 Å². The smallest absolute Gasteiger partial charge is 0.0810 e. The Hall–Kier alpha value is 0.420. The molecule has 0 aromatic carbocycles. The maximum atomic E-state index is 8.42. The Balaban J connectivity index is 0. The highest BCUT2D eigenvalue weighted by molar-refractivity contribution is 6.21. The van der Waals surface area contributed by atoms with E-state index in [0.717, 1.165) is 0 Å². The standard InChI is InChI=1S/C3H6Cl2O.C3H10N2O/c2*4-1-3(6)2-5/h3,6H,1-2H2;3,6H,1-2,4-5H2. The van der Waals surface area contributed by atoms with E-state index in [2.05, 4.69) is 0 Å². The number of halogens is 2. The third-order valence-electron chi connectivity index (χ3n) is 0.900. The summed E-state index contributed by atoms with van der Waals surface area (Å²) in [5, 5.41) is 16.8. The molecule has 76 valence electrons. The molecule has 0 radical (unpaired) electrons. The molecule has 0 saturated heterocycles. The van der Waals surface area contributed by atoms with Crippen LogP contribution >= 0.6 is 23.2 Å². The zero-order valence-electron chi connectivity index (χ0n) is 6.79. The van der Waals surface area contributed by atoms with Gasteiger partial charge in [-0.1, -0.05) is 0 Å². The summed E-state index contributed by atoms with van der Waals surface area (Å²) in [6, 6.07) is 0.